The molecule has 0 saturated carbocycles. The van der Waals surface area contributed by atoms with Crippen LogP contribution in [0, 0.1) is 0 Å². The van der Waals surface area contributed by atoms with Crippen LogP contribution in [0.15, 0.2) is 224 Å². The van der Waals surface area contributed by atoms with Gasteiger partial charge in [0.05, 0.1) is 5.41 Å². The number of hydrogen-bond acceptors (Lipinski definition) is 2. The minimum absolute atomic E-state index is 0.420. The molecule has 0 fully saturated rings. The van der Waals surface area contributed by atoms with Gasteiger partial charge in [0.25, 0.3) is 0 Å². The molecular weight excluding hydrogens is 707 g/mol. The van der Waals surface area contributed by atoms with E-state index in [9.17, 15) is 0 Å². The zero-order valence-corrected chi connectivity index (χ0v) is 32.0. The third-order valence-electron chi connectivity index (χ3n) is 11.8. The van der Waals surface area contributed by atoms with E-state index in [0.29, 0.717) is 0 Å². The Labute approximate surface area is 337 Å². The molecule has 11 rings (SSSR count). The number of fused-ring (bicyclic) bond motifs is 6. The summed E-state index contributed by atoms with van der Waals surface area (Å²) in [5, 5.41) is 2.57. The van der Waals surface area contributed by atoms with E-state index in [4.69, 9.17) is 0 Å². The van der Waals surface area contributed by atoms with Gasteiger partial charge < -0.3 is 4.90 Å². The molecule has 9 aromatic carbocycles. The van der Waals surface area contributed by atoms with Crippen LogP contribution in [0.2, 0.25) is 0 Å². The average Bonchev–Trinajstić information content (AvgIpc) is 3.81. The maximum absolute atomic E-state index is 2.47. The van der Waals surface area contributed by atoms with Crippen molar-refractivity contribution in [3.8, 4) is 33.4 Å². The average molecular weight is 744 g/mol. The minimum atomic E-state index is -0.420. The van der Waals surface area contributed by atoms with Gasteiger partial charge in [0, 0.05) is 37.2 Å². The smallest absolute Gasteiger partial charge is 0.0714 e. The number of rotatable bonds is 7. The number of anilines is 3. The summed E-state index contributed by atoms with van der Waals surface area (Å²) in [6.45, 7) is 0. The molecule has 0 atom stereocenters. The lowest BCUT2D eigenvalue weighted by Crippen LogP contribution is -2.28. The van der Waals surface area contributed by atoms with Crippen LogP contribution in [0.5, 0.6) is 0 Å². The van der Waals surface area contributed by atoms with Gasteiger partial charge in [-0.3, -0.25) is 0 Å². The molecule has 57 heavy (non-hydrogen) atoms. The summed E-state index contributed by atoms with van der Waals surface area (Å²) in [5.74, 6) is 0. The number of nitrogens with zero attached hydrogens (tertiary/aromatic N) is 1. The molecule has 1 nitrogen and oxygen atoms in total. The lowest BCUT2D eigenvalue weighted by Gasteiger charge is -2.33. The van der Waals surface area contributed by atoms with Crippen LogP contribution < -0.4 is 4.90 Å². The summed E-state index contributed by atoms with van der Waals surface area (Å²) in [6.07, 6.45) is 0. The van der Waals surface area contributed by atoms with Crippen molar-refractivity contribution >= 4 is 48.6 Å². The minimum Gasteiger partial charge on any atom is -0.310 e. The van der Waals surface area contributed by atoms with Crippen molar-refractivity contribution in [3.05, 3.63) is 247 Å². The molecule has 0 N–H and O–H groups in total. The maximum Gasteiger partial charge on any atom is 0.0714 e. The van der Waals surface area contributed by atoms with Gasteiger partial charge in [-0.05, 0) is 98.1 Å². The molecule has 0 amide bonds. The quantitative estimate of drug-likeness (QED) is 0.157. The molecule has 0 unspecified atom stereocenters. The number of hydrogen-bond donors (Lipinski definition) is 0. The summed E-state index contributed by atoms with van der Waals surface area (Å²) < 4.78 is 2.56. The molecule has 1 heterocycles. The lowest BCUT2D eigenvalue weighted by atomic mass is 9.67. The standard InChI is InChI=1S/C55H37NS/c1-4-15-38(16-5-1)40-27-30-44(31-28-40)56(45-22-14-19-41(35-45)39-17-6-2-7-18-39)46-32-34-50-49-33-29-43(36-53(49)57-54(50)37-46)55(42-20-8-3-9-21-42)51-25-12-10-23-47(51)48-24-11-13-26-52(48)55/h1-37H. The van der Waals surface area contributed by atoms with Crippen molar-refractivity contribution in [3.63, 3.8) is 0 Å². The molecule has 0 spiro atoms. The highest BCUT2D eigenvalue weighted by molar-refractivity contribution is 7.25. The second kappa shape index (κ2) is 13.6. The van der Waals surface area contributed by atoms with E-state index in [1.165, 1.54) is 75.8 Å². The fourth-order valence-electron chi connectivity index (χ4n) is 9.19. The highest BCUT2D eigenvalue weighted by atomic mass is 32.1. The maximum atomic E-state index is 2.47. The van der Waals surface area contributed by atoms with Crippen molar-refractivity contribution in [2.24, 2.45) is 0 Å². The van der Waals surface area contributed by atoms with Crippen molar-refractivity contribution in [1.82, 2.24) is 0 Å². The summed E-state index contributed by atoms with van der Waals surface area (Å²) in [4.78, 5) is 2.40. The monoisotopic (exact) mass is 743 g/mol. The SMILES string of the molecule is c1ccc(-c2ccc(N(c3cccc(-c4ccccc4)c3)c3ccc4c(c3)sc3cc(C5(c6ccccc6)c6ccccc6-c6ccccc65)ccc34)cc2)cc1. The van der Waals surface area contributed by atoms with Crippen LogP contribution >= 0.6 is 11.3 Å². The van der Waals surface area contributed by atoms with Crippen molar-refractivity contribution in [2.45, 2.75) is 5.41 Å². The second-order valence-corrected chi connectivity index (χ2v) is 15.9. The Hall–Kier alpha value is -7.00. The topological polar surface area (TPSA) is 3.24 Å². The first-order valence-corrected chi connectivity index (χ1v) is 20.4. The predicted octanol–water partition coefficient (Wildman–Crippen LogP) is 15.2. The second-order valence-electron chi connectivity index (χ2n) is 14.9. The largest absolute Gasteiger partial charge is 0.310 e. The Morgan fingerprint density at radius 1 is 0.316 bits per heavy atom. The first kappa shape index (κ1) is 33.3. The zero-order chi connectivity index (χ0) is 37.8. The summed E-state index contributed by atoms with van der Waals surface area (Å²) >= 11 is 1.89. The van der Waals surface area contributed by atoms with Gasteiger partial charge in [-0.25, -0.2) is 0 Å². The first-order valence-electron chi connectivity index (χ1n) is 19.6. The van der Waals surface area contributed by atoms with E-state index < -0.39 is 5.41 Å². The molecule has 0 bridgehead atoms. The molecule has 0 radical (unpaired) electrons. The van der Waals surface area contributed by atoms with E-state index in [2.05, 4.69) is 229 Å². The predicted molar refractivity (Wildman–Crippen MR) is 242 cm³/mol. The Morgan fingerprint density at radius 2 is 0.807 bits per heavy atom. The van der Waals surface area contributed by atoms with Gasteiger partial charge in [0.15, 0.2) is 0 Å². The Bertz CT molecular complexity index is 3010. The number of thiophene rings is 1. The molecule has 2 heteroatoms. The van der Waals surface area contributed by atoms with Gasteiger partial charge in [0.2, 0.25) is 0 Å². The van der Waals surface area contributed by atoms with Crippen LogP contribution in [0.25, 0.3) is 53.6 Å². The van der Waals surface area contributed by atoms with Gasteiger partial charge in [-0.1, -0.05) is 182 Å². The van der Waals surface area contributed by atoms with Crippen LogP contribution in [0.4, 0.5) is 17.1 Å². The Balaban J connectivity index is 1.07. The molecule has 1 aromatic heterocycles. The molecule has 1 aliphatic carbocycles. The van der Waals surface area contributed by atoms with Crippen LogP contribution in [0.1, 0.15) is 22.3 Å². The van der Waals surface area contributed by atoms with E-state index in [0.717, 1.165) is 17.1 Å². The fraction of sp³-hybridized carbons (Fsp3) is 0.0182. The van der Waals surface area contributed by atoms with Crippen LogP contribution in [0.3, 0.4) is 0 Å². The summed E-state index contributed by atoms with van der Waals surface area (Å²) in [7, 11) is 0. The van der Waals surface area contributed by atoms with Crippen LogP contribution in [-0.4, -0.2) is 0 Å². The lowest BCUT2D eigenvalue weighted by molar-refractivity contribution is 0.770. The highest BCUT2D eigenvalue weighted by Gasteiger charge is 2.45. The van der Waals surface area contributed by atoms with Crippen molar-refractivity contribution in [1.29, 1.82) is 0 Å². The molecule has 268 valence electrons. The first-order chi connectivity index (χ1) is 28.3. The van der Waals surface area contributed by atoms with Gasteiger partial charge in [0.1, 0.15) is 0 Å². The third-order valence-corrected chi connectivity index (χ3v) is 12.9. The fourth-order valence-corrected chi connectivity index (χ4v) is 10.4. The molecule has 1 aliphatic rings. The van der Waals surface area contributed by atoms with Crippen LogP contribution in [-0.2, 0) is 5.41 Å². The normalized spacial score (nSPS) is 12.7. The van der Waals surface area contributed by atoms with Gasteiger partial charge >= 0.3 is 0 Å². The van der Waals surface area contributed by atoms with E-state index in [1.54, 1.807) is 0 Å². The molecule has 10 aromatic rings. The molecule has 0 saturated heterocycles. The van der Waals surface area contributed by atoms with Crippen molar-refractivity contribution in [2.75, 3.05) is 4.90 Å². The van der Waals surface area contributed by atoms with Gasteiger partial charge in [-0.15, -0.1) is 11.3 Å². The van der Waals surface area contributed by atoms with E-state index in [-0.39, 0.29) is 0 Å². The highest BCUT2D eigenvalue weighted by Crippen LogP contribution is 2.56. The van der Waals surface area contributed by atoms with Crippen molar-refractivity contribution < 1.29 is 0 Å². The van der Waals surface area contributed by atoms with E-state index in [1.807, 2.05) is 11.3 Å². The Morgan fingerprint density at radius 3 is 1.47 bits per heavy atom. The van der Waals surface area contributed by atoms with E-state index >= 15 is 0 Å². The van der Waals surface area contributed by atoms with Gasteiger partial charge in [-0.2, -0.15) is 0 Å². The number of benzene rings is 9. The molecular formula is C55H37NS. The Kier molecular flexibility index (Phi) is 7.98. The zero-order valence-electron chi connectivity index (χ0n) is 31.2. The summed E-state index contributed by atoms with van der Waals surface area (Å²) in [6, 6.07) is 82.4. The summed E-state index contributed by atoms with van der Waals surface area (Å²) in [5.41, 5.74) is 15.6. The molecule has 0 aliphatic heterocycles. The third kappa shape index (κ3) is 5.44.